The highest BCUT2D eigenvalue weighted by atomic mass is 32.2. The van der Waals surface area contributed by atoms with Crippen LogP contribution in [0.25, 0.3) is 0 Å². The molecular weight excluding hydrogens is 392 g/mol. The Morgan fingerprint density at radius 2 is 2.04 bits per heavy atom. The molecule has 27 heavy (non-hydrogen) atoms. The van der Waals surface area contributed by atoms with Crippen molar-refractivity contribution < 1.29 is 18.0 Å². The first kappa shape index (κ1) is 19.2. The Morgan fingerprint density at radius 3 is 2.70 bits per heavy atom. The van der Waals surface area contributed by atoms with Crippen LogP contribution in [0.4, 0.5) is 15.6 Å². The molecule has 1 atom stereocenters. The Hall–Kier alpha value is -2.57. The van der Waals surface area contributed by atoms with E-state index in [0.717, 1.165) is 15.6 Å². The maximum absolute atomic E-state index is 12.3. The smallest absolute Gasteiger partial charge is 0.324 e. The lowest BCUT2D eigenvalue weighted by Crippen LogP contribution is -2.36. The molecule has 1 aromatic carbocycles. The van der Waals surface area contributed by atoms with Crippen LogP contribution in [0.3, 0.4) is 0 Å². The van der Waals surface area contributed by atoms with Crippen molar-refractivity contribution in [1.82, 2.24) is 19.8 Å². The number of aromatic nitrogens is 2. The number of para-hydroxylation sites is 1. The number of nitrogens with zero attached hydrogens (tertiary/aromatic N) is 4. The summed E-state index contributed by atoms with van der Waals surface area (Å²) in [5.41, 5.74) is 0.654. The summed E-state index contributed by atoms with van der Waals surface area (Å²) in [4.78, 5) is 25.7. The number of carbonyl (C=O) groups is 2. The molecule has 0 saturated carbocycles. The van der Waals surface area contributed by atoms with Crippen molar-refractivity contribution >= 4 is 44.1 Å². The second-order valence-corrected chi connectivity index (χ2v) is 9.25. The van der Waals surface area contributed by atoms with E-state index in [4.69, 9.17) is 0 Å². The summed E-state index contributed by atoms with van der Waals surface area (Å²) >= 11 is 0.786. The largest absolute Gasteiger partial charge is 0.336 e. The Morgan fingerprint density at radius 1 is 1.33 bits per heavy atom. The molecule has 2 N–H and O–H groups in total. The Balaban J connectivity index is 1.75. The van der Waals surface area contributed by atoms with Crippen molar-refractivity contribution in [1.29, 1.82) is 0 Å². The number of hydrogen-bond acceptors (Lipinski definition) is 7. The third-order valence-corrected chi connectivity index (χ3v) is 6.94. The number of rotatable bonds is 6. The summed E-state index contributed by atoms with van der Waals surface area (Å²) in [6.07, 6.45) is 0.0307. The van der Waals surface area contributed by atoms with Crippen LogP contribution >= 0.6 is 11.3 Å². The average molecular weight is 410 g/mol. The summed E-state index contributed by atoms with van der Waals surface area (Å²) in [6.45, 7) is 0.246. The molecule has 1 aromatic heterocycles. The van der Waals surface area contributed by atoms with Gasteiger partial charge in [-0.2, -0.15) is 0 Å². The monoisotopic (exact) mass is 410 g/mol. The van der Waals surface area contributed by atoms with Crippen LogP contribution in [0.1, 0.15) is 6.42 Å². The Labute approximate surface area is 160 Å². The Bertz CT molecular complexity index is 944. The maximum Gasteiger partial charge on any atom is 0.324 e. The number of nitrogens with one attached hydrogen (secondary N) is 2. The van der Waals surface area contributed by atoms with Gasteiger partial charge in [-0.25, -0.2) is 17.5 Å². The van der Waals surface area contributed by atoms with Crippen molar-refractivity contribution in [2.45, 2.75) is 16.8 Å². The summed E-state index contributed by atoms with van der Waals surface area (Å²) in [5, 5.41) is 13.1. The van der Waals surface area contributed by atoms with E-state index in [1.54, 1.807) is 24.3 Å². The van der Waals surface area contributed by atoms with Crippen LogP contribution in [0, 0.1) is 0 Å². The zero-order valence-electron chi connectivity index (χ0n) is 14.6. The predicted molar refractivity (Wildman–Crippen MR) is 100 cm³/mol. The summed E-state index contributed by atoms with van der Waals surface area (Å²) in [7, 11) is -0.975. The third kappa shape index (κ3) is 4.07. The summed E-state index contributed by atoms with van der Waals surface area (Å²) in [6, 6.07) is 8.02. The fourth-order valence-electron chi connectivity index (χ4n) is 2.46. The lowest BCUT2D eigenvalue weighted by Gasteiger charge is -2.19. The summed E-state index contributed by atoms with van der Waals surface area (Å²) < 4.78 is 25.1. The first-order valence-electron chi connectivity index (χ1n) is 7.97. The highest BCUT2D eigenvalue weighted by molar-refractivity contribution is 7.91. The van der Waals surface area contributed by atoms with Crippen molar-refractivity contribution in [3.05, 3.63) is 30.3 Å². The molecule has 2 heterocycles. The molecule has 3 amide bonds. The van der Waals surface area contributed by atoms with Gasteiger partial charge in [-0.1, -0.05) is 29.5 Å². The Kier molecular flexibility index (Phi) is 5.39. The van der Waals surface area contributed by atoms with E-state index in [0.29, 0.717) is 5.69 Å². The van der Waals surface area contributed by atoms with Gasteiger partial charge in [-0.15, -0.1) is 10.2 Å². The van der Waals surface area contributed by atoms with E-state index in [-0.39, 0.29) is 28.3 Å². The van der Waals surface area contributed by atoms with Gasteiger partial charge in [0.2, 0.25) is 15.4 Å². The van der Waals surface area contributed by atoms with E-state index >= 15 is 0 Å². The zero-order chi connectivity index (χ0) is 19.6. The lowest BCUT2D eigenvalue weighted by molar-refractivity contribution is -0.116. The minimum absolute atomic E-state index is 0.0307. The number of benzene rings is 1. The molecule has 10 nitrogen and oxygen atoms in total. The second kappa shape index (κ2) is 7.58. The molecule has 3 rings (SSSR count). The summed E-state index contributed by atoms with van der Waals surface area (Å²) in [5.74, 6) is -0.265. The third-order valence-electron chi connectivity index (χ3n) is 3.85. The zero-order valence-corrected chi connectivity index (χ0v) is 16.2. The molecule has 0 spiro atoms. The minimum Gasteiger partial charge on any atom is -0.336 e. The second-order valence-electron chi connectivity index (χ2n) is 5.97. The quantitative estimate of drug-likeness (QED) is 0.676. The molecule has 1 saturated heterocycles. The number of hydrogen-bond donors (Lipinski definition) is 2. The van der Waals surface area contributed by atoms with Crippen LogP contribution in [-0.2, 0) is 14.8 Å². The normalized spacial score (nSPS) is 17.2. The molecule has 144 valence electrons. The molecule has 0 aliphatic carbocycles. The first-order chi connectivity index (χ1) is 12.8. The van der Waals surface area contributed by atoms with Crippen LogP contribution < -0.4 is 15.5 Å². The van der Waals surface area contributed by atoms with Gasteiger partial charge < -0.3 is 10.6 Å². The lowest BCUT2D eigenvalue weighted by atomic mass is 10.2. The number of carbonyl (C=O) groups excluding carboxylic acids is 2. The topological polar surface area (TPSA) is 125 Å². The molecule has 0 radical (unpaired) electrons. The van der Waals surface area contributed by atoms with Crippen molar-refractivity contribution in [2.24, 2.45) is 0 Å². The predicted octanol–water partition coefficient (Wildman–Crippen LogP) is 0.715. The first-order valence-corrected chi connectivity index (χ1v) is 10.2. The number of amides is 3. The van der Waals surface area contributed by atoms with Gasteiger partial charge in [0.25, 0.3) is 10.0 Å². The van der Waals surface area contributed by atoms with E-state index in [1.807, 2.05) is 6.07 Å². The molecule has 1 aliphatic heterocycles. The van der Waals surface area contributed by atoms with Crippen molar-refractivity contribution in [3.63, 3.8) is 0 Å². The van der Waals surface area contributed by atoms with E-state index in [2.05, 4.69) is 20.8 Å². The van der Waals surface area contributed by atoms with Crippen molar-refractivity contribution in [3.8, 4) is 0 Å². The van der Waals surface area contributed by atoms with Gasteiger partial charge in [0.15, 0.2) is 0 Å². The molecule has 12 heteroatoms. The van der Waals surface area contributed by atoms with Crippen LogP contribution in [0.15, 0.2) is 34.7 Å². The minimum atomic E-state index is -3.74. The maximum atomic E-state index is 12.3. The average Bonchev–Trinajstić information content (AvgIpc) is 3.23. The number of anilines is 2. The number of sulfonamides is 1. The van der Waals surface area contributed by atoms with E-state index in [1.165, 1.54) is 19.0 Å². The van der Waals surface area contributed by atoms with Crippen LogP contribution in [-0.4, -0.2) is 61.5 Å². The highest BCUT2D eigenvalue weighted by Gasteiger charge is 2.37. The highest BCUT2D eigenvalue weighted by Crippen LogP contribution is 2.29. The molecule has 1 fully saturated rings. The molecular formula is C15H18N6O4S2. The van der Waals surface area contributed by atoms with Gasteiger partial charge in [0.1, 0.15) is 0 Å². The standard InChI is InChI=1S/C15H18N6O4S2/c1-20(2)27(24,25)15-19-18-14(26-15)21-11(9-16-13(21)23)8-12(22)17-10-6-4-3-5-7-10/h3-7,11H,8-9H2,1-2H3,(H,16,23)(H,17,22). The van der Waals surface area contributed by atoms with Gasteiger partial charge in [-0.05, 0) is 12.1 Å². The molecule has 2 aromatic rings. The fraction of sp³-hybridized carbons (Fsp3) is 0.333. The molecule has 1 unspecified atom stereocenters. The van der Waals surface area contributed by atoms with Gasteiger partial charge in [-0.3, -0.25) is 9.69 Å². The molecule has 1 aliphatic rings. The van der Waals surface area contributed by atoms with E-state index in [9.17, 15) is 18.0 Å². The van der Waals surface area contributed by atoms with Crippen LogP contribution in [0.5, 0.6) is 0 Å². The van der Waals surface area contributed by atoms with Crippen molar-refractivity contribution in [2.75, 3.05) is 30.9 Å². The van der Waals surface area contributed by atoms with E-state index < -0.39 is 22.1 Å². The SMILES string of the molecule is CN(C)S(=O)(=O)c1nnc(N2C(=O)NCC2CC(=O)Nc2ccccc2)s1. The van der Waals surface area contributed by atoms with Crippen LogP contribution in [0.2, 0.25) is 0 Å². The number of urea groups is 1. The fourth-order valence-corrected chi connectivity index (χ4v) is 4.66. The van der Waals surface area contributed by atoms with Gasteiger partial charge in [0.05, 0.1) is 6.04 Å². The van der Waals surface area contributed by atoms with Gasteiger partial charge >= 0.3 is 6.03 Å². The van der Waals surface area contributed by atoms with Gasteiger partial charge in [0, 0.05) is 32.7 Å². The molecule has 0 bridgehead atoms.